The van der Waals surface area contributed by atoms with Crippen LogP contribution in [0.4, 0.5) is 0 Å². The molecular weight excluding hydrogens is 632 g/mol. The number of para-hydroxylation sites is 2. The summed E-state index contributed by atoms with van der Waals surface area (Å²) in [5.41, 5.74) is 6.84. The lowest BCUT2D eigenvalue weighted by Crippen LogP contribution is -2.12. The highest BCUT2D eigenvalue weighted by molar-refractivity contribution is 5.89. The van der Waals surface area contributed by atoms with Gasteiger partial charge in [-0.25, -0.2) is 9.59 Å². The highest BCUT2D eigenvalue weighted by atomic mass is 16.5. The van der Waals surface area contributed by atoms with Crippen molar-refractivity contribution in [3.63, 3.8) is 0 Å². The van der Waals surface area contributed by atoms with E-state index in [4.69, 9.17) is 18.9 Å². The largest absolute Gasteiger partial charge is 0.493 e. The molecule has 4 aromatic carbocycles. The summed E-state index contributed by atoms with van der Waals surface area (Å²) in [6, 6.07) is 18.9. The summed E-state index contributed by atoms with van der Waals surface area (Å²) in [6.45, 7) is 10.1. The van der Waals surface area contributed by atoms with Crippen molar-refractivity contribution in [2.75, 3.05) is 26.4 Å². The van der Waals surface area contributed by atoms with Gasteiger partial charge in [-0.15, -0.1) is 0 Å². The van der Waals surface area contributed by atoms with Crippen molar-refractivity contribution in [3.8, 4) is 23.0 Å². The summed E-state index contributed by atoms with van der Waals surface area (Å²) in [5.74, 6) is 0.647. The lowest BCUT2D eigenvalue weighted by molar-refractivity contribution is 0.0686. The van der Waals surface area contributed by atoms with E-state index in [-0.39, 0.29) is 17.5 Å². The summed E-state index contributed by atoms with van der Waals surface area (Å²) >= 11 is 0. The number of benzene rings is 4. The van der Waals surface area contributed by atoms with Gasteiger partial charge in [0.25, 0.3) is 0 Å². The molecule has 0 spiro atoms. The van der Waals surface area contributed by atoms with Crippen molar-refractivity contribution >= 4 is 11.9 Å². The minimum atomic E-state index is -1.05. The molecule has 0 saturated carbocycles. The maximum absolute atomic E-state index is 12.6. The molecule has 0 amide bonds. The van der Waals surface area contributed by atoms with Crippen molar-refractivity contribution in [1.29, 1.82) is 0 Å². The second-order valence-electron chi connectivity index (χ2n) is 12.8. The van der Waals surface area contributed by atoms with Gasteiger partial charge in [0.15, 0.2) is 0 Å². The molecule has 0 atom stereocenters. The van der Waals surface area contributed by atoms with E-state index in [0.29, 0.717) is 68.3 Å². The highest BCUT2D eigenvalue weighted by Gasteiger charge is 2.24. The third-order valence-corrected chi connectivity index (χ3v) is 8.66. The van der Waals surface area contributed by atoms with Crippen molar-refractivity contribution in [3.05, 3.63) is 116 Å². The highest BCUT2D eigenvalue weighted by Crippen LogP contribution is 2.40. The molecular formula is C42H48O8. The lowest BCUT2D eigenvalue weighted by atomic mass is 9.89. The van der Waals surface area contributed by atoms with Crippen LogP contribution in [-0.2, 0) is 25.7 Å². The Kier molecular flexibility index (Phi) is 12.4. The lowest BCUT2D eigenvalue weighted by Gasteiger charge is -2.23. The first-order chi connectivity index (χ1) is 24.3. The predicted octanol–water partition coefficient (Wildman–Crippen LogP) is 8.91. The van der Waals surface area contributed by atoms with Crippen LogP contribution in [0.2, 0.25) is 0 Å². The van der Waals surface area contributed by atoms with E-state index in [1.807, 2.05) is 38.1 Å². The molecule has 4 aromatic rings. The molecule has 5 rings (SSSR count). The van der Waals surface area contributed by atoms with E-state index in [9.17, 15) is 19.8 Å². The number of aromatic carboxylic acids is 2. The summed E-state index contributed by atoms with van der Waals surface area (Å²) in [6.07, 6.45) is 4.66. The first-order valence-corrected chi connectivity index (χ1v) is 17.8. The van der Waals surface area contributed by atoms with Crippen LogP contribution in [0, 0.1) is 0 Å². The van der Waals surface area contributed by atoms with Gasteiger partial charge in [0.2, 0.25) is 0 Å². The Morgan fingerprint density at radius 3 is 0.960 bits per heavy atom. The minimum absolute atomic E-state index is 0.130. The number of carbonyl (C=O) groups is 2. The van der Waals surface area contributed by atoms with Crippen LogP contribution in [0.25, 0.3) is 0 Å². The molecule has 0 radical (unpaired) electrons. The Labute approximate surface area is 295 Å². The average molecular weight is 681 g/mol. The van der Waals surface area contributed by atoms with Crippen LogP contribution in [0.3, 0.4) is 0 Å². The van der Waals surface area contributed by atoms with Crippen LogP contribution in [0.1, 0.15) is 119 Å². The second-order valence-corrected chi connectivity index (χ2v) is 12.8. The predicted molar refractivity (Wildman–Crippen MR) is 194 cm³/mol. The van der Waals surface area contributed by atoms with Gasteiger partial charge in [0.1, 0.15) is 23.0 Å². The van der Waals surface area contributed by atoms with Gasteiger partial charge in [-0.2, -0.15) is 0 Å². The Bertz CT molecular complexity index is 1690. The van der Waals surface area contributed by atoms with Gasteiger partial charge >= 0.3 is 11.9 Å². The smallest absolute Gasteiger partial charge is 0.335 e. The van der Waals surface area contributed by atoms with E-state index < -0.39 is 11.9 Å². The third kappa shape index (κ3) is 8.41. The van der Waals surface area contributed by atoms with E-state index >= 15 is 0 Å². The molecule has 1 aliphatic carbocycles. The summed E-state index contributed by atoms with van der Waals surface area (Å²) < 4.78 is 25.8. The van der Waals surface area contributed by atoms with Gasteiger partial charge in [0.05, 0.1) is 37.6 Å². The van der Waals surface area contributed by atoms with E-state index in [1.54, 1.807) is 24.3 Å². The molecule has 0 aromatic heterocycles. The number of carboxylic acids is 2. The molecule has 0 heterocycles. The summed E-state index contributed by atoms with van der Waals surface area (Å²) in [5, 5.41) is 20.6. The Balaban J connectivity index is 1.86. The van der Waals surface area contributed by atoms with Gasteiger partial charge in [0, 0.05) is 25.7 Å². The fourth-order valence-corrected chi connectivity index (χ4v) is 6.49. The number of ether oxygens (including phenoxy) is 4. The quantitative estimate of drug-likeness (QED) is 0.120. The Hall–Kier alpha value is -4.98. The molecule has 264 valence electrons. The van der Waals surface area contributed by atoms with Gasteiger partial charge < -0.3 is 29.2 Å². The van der Waals surface area contributed by atoms with Gasteiger partial charge in [-0.05, 0) is 94.5 Å². The van der Waals surface area contributed by atoms with E-state index in [0.717, 1.165) is 70.6 Å². The number of fused-ring (bicyclic) bond motifs is 8. The van der Waals surface area contributed by atoms with Crippen molar-refractivity contribution < 1.29 is 38.7 Å². The van der Waals surface area contributed by atoms with Crippen LogP contribution in [-0.4, -0.2) is 48.6 Å². The molecule has 0 aliphatic heterocycles. The number of rotatable bonds is 14. The van der Waals surface area contributed by atoms with Crippen LogP contribution in [0.15, 0.2) is 60.7 Å². The Morgan fingerprint density at radius 1 is 0.460 bits per heavy atom. The zero-order chi connectivity index (χ0) is 35.6. The fraction of sp³-hybridized carbons (Fsp3) is 0.381. The SMILES string of the molecule is CCCOc1c2cccc1Cc1cc(C(=O)O)cc(c1OCCC)Cc1cc(C(=O)O)cc(c1OCCC)Cc1cccc(c1OCCC)C2. The monoisotopic (exact) mass is 680 g/mol. The molecule has 0 fully saturated rings. The van der Waals surface area contributed by atoms with Gasteiger partial charge in [-0.3, -0.25) is 0 Å². The first kappa shape index (κ1) is 36.3. The maximum atomic E-state index is 12.6. The standard InChI is InChI=1S/C42H48O8/c1-5-15-47-37-27-11-9-13-29(37)20-31-23-35(41(43)44)25-33(39(31)49-17-7-3)22-34-26-36(42(45)46)24-32(40(34)50-18-8-4)21-30-14-10-12-28(19-27)38(30)48-16-6-2/h9-14,23-26H,5-8,15-22H2,1-4H3,(H,43,44)(H,45,46). The molecule has 1 aliphatic rings. The molecule has 0 unspecified atom stereocenters. The normalized spacial score (nSPS) is 12.2. The third-order valence-electron chi connectivity index (χ3n) is 8.66. The average Bonchev–Trinajstić information content (AvgIpc) is 3.09. The van der Waals surface area contributed by atoms with E-state index in [2.05, 4.69) is 26.0 Å². The number of hydrogen-bond donors (Lipinski definition) is 2. The van der Waals surface area contributed by atoms with Crippen molar-refractivity contribution in [2.45, 2.75) is 79.1 Å². The van der Waals surface area contributed by atoms with Crippen molar-refractivity contribution in [2.24, 2.45) is 0 Å². The number of hydrogen-bond acceptors (Lipinski definition) is 6. The topological polar surface area (TPSA) is 112 Å². The first-order valence-electron chi connectivity index (χ1n) is 17.8. The zero-order valence-electron chi connectivity index (χ0n) is 29.6. The molecule has 8 nitrogen and oxygen atoms in total. The molecule has 8 bridgehead atoms. The van der Waals surface area contributed by atoms with Crippen LogP contribution >= 0.6 is 0 Å². The molecule has 0 saturated heterocycles. The van der Waals surface area contributed by atoms with Crippen LogP contribution < -0.4 is 18.9 Å². The minimum Gasteiger partial charge on any atom is -0.493 e. The summed E-state index contributed by atoms with van der Waals surface area (Å²) in [4.78, 5) is 25.1. The second kappa shape index (κ2) is 17.1. The van der Waals surface area contributed by atoms with E-state index in [1.165, 1.54) is 0 Å². The molecule has 50 heavy (non-hydrogen) atoms. The maximum Gasteiger partial charge on any atom is 0.335 e. The fourth-order valence-electron chi connectivity index (χ4n) is 6.49. The van der Waals surface area contributed by atoms with Crippen molar-refractivity contribution in [1.82, 2.24) is 0 Å². The Morgan fingerprint density at radius 2 is 0.700 bits per heavy atom. The molecule has 2 N–H and O–H groups in total. The molecule has 8 heteroatoms. The zero-order valence-corrected chi connectivity index (χ0v) is 29.6. The summed E-state index contributed by atoms with van der Waals surface area (Å²) in [7, 11) is 0. The van der Waals surface area contributed by atoms with Crippen LogP contribution in [0.5, 0.6) is 23.0 Å². The van der Waals surface area contributed by atoms with Gasteiger partial charge in [-0.1, -0.05) is 64.1 Å². The number of carboxylic acid groups (broad SMARTS) is 2.